The van der Waals surface area contributed by atoms with Crippen LogP contribution in [-0.2, 0) is 0 Å². The molecule has 1 aliphatic rings. The molecule has 0 radical (unpaired) electrons. The minimum absolute atomic E-state index is 0. The minimum atomic E-state index is 0. The zero-order chi connectivity index (χ0) is 12.1. The SMILES string of the molecule is Cl.O/N=C\c1cc(OC[C@@H]2CCNC2)cnc1Cl. The molecule has 5 nitrogen and oxygen atoms in total. The maximum atomic E-state index is 8.47. The number of nitrogens with zero attached hydrogens (tertiary/aromatic N) is 2. The fraction of sp³-hybridized carbons (Fsp3) is 0.455. The summed E-state index contributed by atoms with van der Waals surface area (Å²) in [5.41, 5.74) is 0.538. The molecule has 1 atom stereocenters. The topological polar surface area (TPSA) is 66.7 Å². The Labute approximate surface area is 117 Å². The number of oxime groups is 1. The molecule has 0 amide bonds. The smallest absolute Gasteiger partial charge is 0.138 e. The molecule has 7 heteroatoms. The van der Waals surface area contributed by atoms with Gasteiger partial charge in [-0.3, -0.25) is 0 Å². The Bertz CT molecular complexity index is 409. The van der Waals surface area contributed by atoms with Crippen LogP contribution in [0.25, 0.3) is 0 Å². The molecule has 1 saturated heterocycles. The van der Waals surface area contributed by atoms with E-state index in [0.29, 0.717) is 23.8 Å². The van der Waals surface area contributed by atoms with Crippen LogP contribution in [0, 0.1) is 5.92 Å². The van der Waals surface area contributed by atoms with Gasteiger partial charge >= 0.3 is 0 Å². The van der Waals surface area contributed by atoms with E-state index in [1.54, 1.807) is 12.3 Å². The molecule has 1 aromatic rings. The monoisotopic (exact) mass is 291 g/mol. The lowest BCUT2D eigenvalue weighted by Gasteiger charge is -2.11. The number of aromatic nitrogens is 1. The van der Waals surface area contributed by atoms with Crippen molar-refractivity contribution in [1.29, 1.82) is 0 Å². The van der Waals surface area contributed by atoms with Crippen LogP contribution in [-0.4, -0.2) is 36.1 Å². The van der Waals surface area contributed by atoms with Crippen LogP contribution < -0.4 is 10.1 Å². The van der Waals surface area contributed by atoms with Crippen molar-refractivity contribution in [1.82, 2.24) is 10.3 Å². The summed E-state index contributed by atoms with van der Waals surface area (Å²) in [6, 6.07) is 1.71. The van der Waals surface area contributed by atoms with E-state index >= 15 is 0 Å². The van der Waals surface area contributed by atoms with Crippen molar-refractivity contribution in [2.24, 2.45) is 11.1 Å². The number of hydrogen-bond donors (Lipinski definition) is 2. The molecular weight excluding hydrogens is 277 g/mol. The van der Waals surface area contributed by atoms with Gasteiger partial charge in [0.1, 0.15) is 10.9 Å². The van der Waals surface area contributed by atoms with Gasteiger partial charge in [0.05, 0.1) is 19.0 Å². The first kappa shape index (κ1) is 15.0. The third kappa shape index (κ3) is 4.01. The summed E-state index contributed by atoms with van der Waals surface area (Å²) in [5.74, 6) is 1.18. The Morgan fingerprint density at radius 3 is 3.17 bits per heavy atom. The highest BCUT2D eigenvalue weighted by molar-refractivity contribution is 6.31. The third-order valence-electron chi connectivity index (χ3n) is 2.69. The van der Waals surface area contributed by atoms with Crippen molar-refractivity contribution in [3.8, 4) is 5.75 Å². The van der Waals surface area contributed by atoms with Crippen LogP contribution in [0.3, 0.4) is 0 Å². The summed E-state index contributed by atoms with van der Waals surface area (Å²) in [5, 5.41) is 15.0. The fourth-order valence-electron chi connectivity index (χ4n) is 1.75. The van der Waals surface area contributed by atoms with E-state index in [-0.39, 0.29) is 17.6 Å². The molecule has 1 aliphatic heterocycles. The van der Waals surface area contributed by atoms with E-state index in [1.165, 1.54) is 6.21 Å². The molecular formula is C11H15Cl2N3O2. The van der Waals surface area contributed by atoms with Gasteiger partial charge in [0.15, 0.2) is 0 Å². The highest BCUT2D eigenvalue weighted by Gasteiger charge is 2.15. The maximum absolute atomic E-state index is 8.47. The Morgan fingerprint density at radius 1 is 1.67 bits per heavy atom. The van der Waals surface area contributed by atoms with Crippen molar-refractivity contribution in [2.45, 2.75) is 6.42 Å². The predicted molar refractivity (Wildman–Crippen MR) is 72.3 cm³/mol. The maximum Gasteiger partial charge on any atom is 0.138 e. The molecule has 100 valence electrons. The van der Waals surface area contributed by atoms with Crippen LogP contribution in [0.4, 0.5) is 0 Å². The van der Waals surface area contributed by atoms with E-state index in [4.69, 9.17) is 21.5 Å². The quantitative estimate of drug-likeness (QED) is 0.385. The molecule has 1 aromatic heterocycles. The summed E-state index contributed by atoms with van der Waals surface area (Å²) in [6.45, 7) is 2.70. The predicted octanol–water partition coefficient (Wildman–Crippen LogP) is 1.95. The van der Waals surface area contributed by atoms with Gasteiger partial charge in [-0.05, 0) is 19.0 Å². The zero-order valence-electron chi connectivity index (χ0n) is 9.67. The van der Waals surface area contributed by atoms with E-state index < -0.39 is 0 Å². The molecule has 2 N–H and O–H groups in total. The van der Waals surface area contributed by atoms with Crippen LogP contribution in [0.5, 0.6) is 5.75 Å². The van der Waals surface area contributed by atoms with E-state index in [0.717, 1.165) is 19.5 Å². The molecule has 2 heterocycles. The van der Waals surface area contributed by atoms with Crippen LogP contribution in [0.15, 0.2) is 17.4 Å². The largest absolute Gasteiger partial charge is 0.492 e. The number of hydrogen-bond acceptors (Lipinski definition) is 5. The Hall–Kier alpha value is -1.04. The Balaban J connectivity index is 0.00000162. The number of rotatable bonds is 4. The van der Waals surface area contributed by atoms with Crippen molar-refractivity contribution in [3.63, 3.8) is 0 Å². The number of pyridine rings is 1. The highest BCUT2D eigenvalue weighted by atomic mass is 35.5. The number of halogens is 2. The summed E-state index contributed by atoms with van der Waals surface area (Å²) >= 11 is 5.82. The second-order valence-electron chi connectivity index (χ2n) is 3.97. The molecule has 1 fully saturated rings. The summed E-state index contributed by atoms with van der Waals surface area (Å²) < 4.78 is 5.63. The molecule has 18 heavy (non-hydrogen) atoms. The van der Waals surface area contributed by atoms with Gasteiger partial charge < -0.3 is 15.3 Å². The van der Waals surface area contributed by atoms with E-state index in [9.17, 15) is 0 Å². The summed E-state index contributed by atoms with van der Waals surface area (Å²) in [4.78, 5) is 3.97. The highest BCUT2D eigenvalue weighted by Crippen LogP contribution is 2.19. The fourth-order valence-corrected chi connectivity index (χ4v) is 1.90. The Kier molecular flexibility index (Phi) is 6.18. The standard InChI is InChI=1S/C11H14ClN3O2.ClH/c12-11-9(5-15-16)3-10(6-14-11)17-7-8-1-2-13-4-8;/h3,5-6,8,13,16H,1-2,4,7H2;1H/b15-5-;/t8-;/m1./s1. The van der Waals surface area contributed by atoms with Crippen molar-refractivity contribution < 1.29 is 9.94 Å². The normalized spacial score (nSPS) is 18.8. The lowest BCUT2D eigenvalue weighted by Crippen LogP contribution is -2.15. The summed E-state index contributed by atoms with van der Waals surface area (Å²) in [6.07, 6.45) is 3.94. The summed E-state index contributed by atoms with van der Waals surface area (Å²) in [7, 11) is 0. The Morgan fingerprint density at radius 2 is 2.50 bits per heavy atom. The van der Waals surface area contributed by atoms with E-state index in [1.807, 2.05) is 0 Å². The van der Waals surface area contributed by atoms with Gasteiger partial charge in [-0.1, -0.05) is 16.8 Å². The number of ether oxygens (including phenoxy) is 1. The first-order chi connectivity index (χ1) is 8.29. The lowest BCUT2D eigenvalue weighted by atomic mass is 10.1. The van der Waals surface area contributed by atoms with Gasteiger partial charge in [-0.2, -0.15) is 0 Å². The van der Waals surface area contributed by atoms with Gasteiger partial charge in [0.25, 0.3) is 0 Å². The first-order valence-corrected chi connectivity index (χ1v) is 5.84. The molecule has 0 saturated carbocycles. The molecule has 0 aromatic carbocycles. The number of nitrogens with one attached hydrogen (secondary N) is 1. The van der Waals surface area contributed by atoms with Crippen molar-refractivity contribution in [2.75, 3.05) is 19.7 Å². The van der Waals surface area contributed by atoms with E-state index in [2.05, 4.69) is 15.5 Å². The first-order valence-electron chi connectivity index (χ1n) is 5.46. The van der Waals surface area contributed by atoms with Crippen LogP contribution >= 0.6 is 24.0 Å². The third-order valence-corrected chi connectivity index (χ3v) is 3.00. The van der Waals surface area contributed by atoms with Crippen molar-refractivity contribution in [3.05, 3.63) is 23.0 Å². The molecule has 2 rings (SSSR count). The molecule has 0 spiro atoms. The van der Waals surface area contributed by atoms with Crippen molar-refractivity contribution >= 4 is 30.2 Å². The molecule has 0 bridgehead atoms. The van der Waals surface area contributed by atoms with Gasteiger partial charge in [-0.15, -0.1) is 12.4 Å². The second kappa shape index (κ2) is 7.41. The van der Waals surface area contributed by atoms with Gasteiger partial charge in [-0.25, -0.2) is 4.98 Å². The average molecular weight is 292 g/mol. The molecule has 0 aliphatic carbocycles. The zero-order valence-corrected chi connectivity index (χ0v) is 11.2. The second-order valence-corrected chi connectivity index (χ2v) is 4.32. The minimum Gasteiger partial charge on any atom is -0.492 e. The molecule has 0 unspecified atom stereocenters. The van der Waals surface area contributed by atoms with Crippen LogP contribution in [0.1, 0.15) is 12.0 Å². The van der Waals surface area contributed by atoms with Crippen LogP contribution in [0.2, 0.25) is 5.15 Å². The lowest BCUT2D eigenvalue weighted by molar-refractivity contribution is 0.259. The van der Waals surface area contributed by atoms with Gasteiger partial charge in [0, 0.05) is 18.0 Å². The van der Waals surface area contributed by atoms with Gasteiger partial charge in [0.2, 0.25) is 0 Å². The average Bonchev–Trinajstić information content (AvgIpc) is 2.83.